The average Bonchev–Trinajstić information content (AvgIpc) is 2.89. The Morgan fingerprint density at radius 1 is 1.29 bits per heavy atom. The van der Waals surface area contributed by atoms with Gasteiger partial charge >= 0.3 is 0 Å². The molecule has 2 aliphatic heterocycles. The van der Waals surface area contributed by atoms with Crippen LogP contribution >= 0.6 is 0 Å². The predicted octanol–water partition coefficient (Wildman–Crippen LogP) is 2.73. The van der Waals surface area contributed by atoms with Crippen LogP contribution in [-0.4, -0.2) is 17.5 Å². The molecule has 4 rings (SSSR count). The molecule has 0 amide bonds. The summed E-state index contributed by atoms with van der Waals surface area (Å²) in [5, 5.41) is 0. The van der Waals surface area contributed by atoms with Crippen LogP contribution in [0.25, 0.3) is 0 Å². The normalized spacial score (nSPS) is 52.3. The van der Waals surface area contributed by atoms with Crippen LogP contribution in [0.4, 0.5) is 0 Å². The van der Waals surface area contributed by atoms with Crippen LogP contribution in [-0.2, 0) is 9.53 Å². The fourth-order valence-electron chi connectivity index (χ4n) is 5.06. The first-order valence-corrected chi connectivity index (χ1v) is 6.75. The first-order chi connectivity index (χ1) is 7.83. The molecule has 2 heteroatoms. The van der Waals surface area contributed by atoms with Gasteiger partial charge in [-0.3, -0.25) is 4.79 Å². The number of rotatable bonds is 0. The van der Waals surface area contributed by atoms with Crippen LogP contribution in [0.3, 0.4) is 0 Å². The van der Waals surface area contributed by atoms with Crippen molar-refractivity contribution in [2.45, 2.75) is 51.7 Å². The van der Waals surface area contributed by atoms with Crippen LogP contribution in [0.2, 0.25) is 0 Å². The Balaban J connectivity index is 1.87. The van der Waals surface area contributed by atoms with Gasteiger partial charge in [-0.2, -0.15) is 0 Å². The van der Waals surface area contributed by atoms with E-state index in [4.69, 9.17) is 4.74 Å². The molecule has 1 spiro atoms. The van der Waals surface area contributed by atoms with Gasteiger partial charge in [0.1, 0.15) is 5.78 Å². The summed E-state index contributed by atoms with van der Waals surface area (Å²) in [4.78, 5) is 12.6. The van der Waals surface area contributed by atoms with Crippen molar-refractivity contribution in [2.75, 3.05) is 0 Å². The largest absolute Gasteiger partial charge is 0.366 e. The van der Waals surface area contributed by atoms with Gasteiger partial charge in [0, 0.05) is 16.7 Å². The minimum Gasteiger partial charge on any atom is -0.366 e. The molecule has 2 saturated carbocycles. The minimum atomic E-state index is -0.232. The second kappa shape index (κ2) is 2.40. The second-order valence-electron chi connectivity index (χ2n) is 7.35. The van der Waals surface area contributed by atoms with Crippen molar-refractivity contribution in [1.29, 1.82) is 0 Å². The van der Waals surface area contributed by atoms with E-state index in [0.717, 1.165) is 6.42 Å². The second-order valence-corrected chi connectivity index (χ2v) is 7.35. The lowest BCUT2D eigenvalue weighted by Gasteiger charge is -2.37. The molecule has 92 valence electrons. The standard InChI is InChI=1S/C15H20O2/c1-8-11-9-7-13(2,3)12(16)10(9)14(4,17-11)15(8)5-6-15/h9-11H,1,5-7H2,2-4H3/t9-,10-,11+,14+/m1/s1. The fraction of sp³-hybridized carbons (Fsp3) is 0.800. The zero-order chi connectivity index (χ0) is 12.2. The number of hydrogen-bond acceptors (Lipinski definition) is 2. The molecule has 0 aromatic heterocycles. The maximum Gasteiger partial charge on any atom is 0.144 e. The quantitative estimate of drug-likeness (QED) is 0.600. The lowest BCUT2D eigenvalue weighted by Crippen LogP contribution is -2.46. The molecule has 2 heterocycles. The molecule has 2 aliphatic carbocycles. The predicted molar refractivity (Wildman–Crippen MR) is 64.5 cm³/mol. The molecule has 4 aliphatic rings. The van der Waals surface area contributed by atoms with E-state index < -0.39 is 0 Å². The molecular formula is C15H20O2. The fourth-order valence-corrected chi connectivity index (χ4v) is 5.06. The van der Waals surface area contributed by atoms with Gasteiger partial charge in [-0.05, 0) is 31.8 Å². The van der Waals surface area contributed by atoms with E-state index in [9.17, 15) is 4.79 Å². The summed E-state index contributed by atoms with van der Waals surface area (Å²) in [5.41, 5.74) is 1.07. The first kappa shape index (κ1) is 10.3. The number of ketones is 1. The van der Waals surface area contributed by atoms with Gasteiger partial charge < -0.3 is 4.74 Å². The molecule has 2 nitrogen and oxygen atoms in total. The average molecular weight is 232 g/mol. The highest BCUT2D eigenvalue weighted by Crippen LogP contribution is 2.76. The molecule has 0 aromatic carbocycles. The Hall–Kier alpha value is -0.630. The lowest BCUT2D eigenvalue weighted by atomic mass is 9.64. The van der Waals surface area contributed by atoms with Crippen LogP contribution in [0, 0.1) is 22.7 Å². The zero-order valence-electron chi connectivity index (χ0n) is 10.9. The summed E-state index contributed by atoms with van der Waals surface area (Å²) in [6, 6.07) is 0. The van der Waals surface area contributed by atoms with Gasteiger partial charge in [0.15, 0.2) is 0 Å². The number of carbonyl (C=O) groups excluding carboxylic acids is 1. The van der Waals surface area contributed by atoms with Crippen molar-refractivity contribution in [1.82, 2.24) is 0 Å². The molecule has 0 aromatic rings. The van der Waals surface area contributed by atoms with E-state index >= 15 is 0 Å². The van der Waals surface area contributed by atoms with Crippen LogP contribution in [0.5, 0.6) is 0 Å². The zero-order valence-corrected chi connectivity index (χ0v) is 10.9. The van der Waals surface area contributed by atoms with Crippen molar-refractivity contribution < 1.29 is 9.53 Å². The monoisotopic (exact) mass is 232 g/mol. The van der Waals surface area contributed by atoms with Gasteiger partial charge in [0.25, 0.3) is 0 Å². The number of ether oxygens (including phenoxy) is 1. The van der Waals surface area contributed by atoms with Crippen LogP contribution in [0.1, 0.15) is 40.0 Å². The van der Waals surface area contributed by atoms with Crippen molar-refractivity contribution in [3.8, 4) is 0 Å². The third-order valence-corrected chi connectivity index (χ3v) is 6.14. The number of fused-ring (bicyclic) bond motifs is 6. The Bertz CT molecular complexity index is 458. The molecular weight excluding hydrogens is 212 g/mol. The Kier molecular flexibility index (Phi) is 1.45. The van der Waals surface area contributed by atoms with Crippen molar-refractivity contribution in [3.63, 3.8) is 0 Å². The van der Waals surface area contributed by atoms with Crippen molar-refractivity contribution in [3.05, 3.63) is 12.2 Å². The van der Waals surface area contributed by atoms with Gasteiger partial charge in [0.05, 0.1) is 17.6 Å². The SMILES string of the molecule is C=C1[C@@H]2O[C@@](C)([C@H]3C(=O)C(C)(C)C[C@@H]23)C12CC2. The summed E-state index contributed by atoms with van der Waals surface area (Å²) in [7, 11) is 0. The number of Topliss-reactive ketones (excluding diaryl/α,β-unsaturated/α-hetero) is 1. The van der Waals surface area contributed by atoms with Crippen LogP contribution < -0.4 is 0 Å². The maximum absolute atomic E-state index is 12.6. The molecule has 0 radical (unpaired) electrons. The van der Waals surface area contributed by atoms with Crippen molar-refractivity contribution >= 4 is 5.78 Å². The molecule has 4 fully saturated rings. The van der Waals surface area contributed by atoms with E-state index in [2.05, 4.69) is 27.4 Å². The molecule has 2 saturated heterocycles. The molecule has 4 atom stereocenters. The van der Waals surface area contributed by atoms with E-state index in [1.165, 1.54) is 18.4 Å². The molecule has 17 heavy (non-hydrogen) atoms. The van der Waals surface area contributed by atoms with E-state index in [1.807, 2.05) is 0 Å². The summed E-state index contributed by atoms with van der Waals surface area (Å²) in [5.74, 6) is 0.975. The summed E-state index contributed by atoms with van der Waals surface area (Å²) < 4.78 is 6.26. The van der Waals surface area contributed by atoms with Gasteiger partial charge in [-0.25, -0.2) is 0 Å². The highest BCUT2D eigenvalue weighted by Gasteiger charge is 2.79. The summed E-state index contributed by atoms with van der Waals surface area (Å²) in [6.45, 7) is 10.7. The molecule has 0 N–H and O–H groups in total. The lowest BCUT2D eigenvalue weighted by molar-refractivity contribution is -0.135. The highest BCUT2D eigenvalue weighted by atomic mass is 16.5. The van der Waals surface area contributed by atoms with E-state index in [-0.39, 0.29) is 28.5 Å². The smallest absolute Gasteiger partial charge is 0.144 e. The number of carbonyl (C=O) groups is 1. The van der Waals surface area contributed by atoms with Gasteiger partial charge in [0.2, 0.25) is 0 Å². The third-order valence-electron chi connectivity index (χ3n) is 6.14. The first-order valence-electron chi connectivity index (χ1n) is 6.75. The Labute approximate surface area is 102 Å². The third kappa shape index (κ3) is 0.835. The van der Waals surface area contributed by atoms with Gasteiger partial charge in [-0.15, -0.1) is 0 Å². The molecule has 0 unspecified atom stereocenters. The Morgan fingerprint density at radius 3 is 2.53 bits per heavy atom. The minimum absolute atomic E-state index is 0.135. The number of hydrogen-bond donors (Lipinski definition) is 0. The van der Waals surface area contributed by atoms with E-state index in [0.29, 0.717) is 11.7 Å². The van der Waals surface area contributed by atoms with E-state index in [1.54, 1.807) is 0 Å². The molecule has 2 bridgehead atoms. The maximum atomic E-state index is 12.6. The summed E-state index contributed by atoms with van der Waals surface area (Å²) >= 11 is 0. The topological polar surface area (TPSA) is 26.3 Å². The van der Waals surface area contributed by atoms with Gasteiger partial charge in [-0.1, -0.05) is 20.4 Å². The van der Waals surface area contributed by atoms with Crippen LogP contribution in [0.15, 0.2) is 12.2 Å². The summed E-state index contributed by atoms with van der Waals surface area (Å²) in [6.07, 6.45) is 3.50. The highest BCUT2D eigenvalue weighted by molar-refractivity contribution is 5.91. The Morgan fingerprint density at radius 2 is 1.94 bits per heavy atom. The van der Waals surface area contributed by atoms with Crippen molar-refractivity contribution in [2.24, 2.45) is 22.7 Å².